The predicted molar refractivity (Wildman–Crippen MR) is 102 cm³/mol. The Hall–Kier alpha value is -2.39. The number of carbonyl (C=O) groups excluding carboxylic acids is 2. The first-order valence-corrected chi connectivity index (χ1v) is 9.39. The maximum Gasteiger partial charge on any atom is 0.269 e. The standard InChI is InChI=1S/C17H12BrN3O4S/c1-9-15(22)20(11-4-2-10(18)3-5-11)17(26-9)13-8-12(21(24)25)6-7-14(13)19-16(17)23/h2-9H,1H3,(H,19,23). The fourth-order valence-corrected chi connectivity index (χ4v) is 5.04. The van der Waals surface area contributed by atoms with Gasteiger partial charge >= 0.3 is 0 Å². The van der Waals surface area contributed by atoms with Crippen molar-refractivity contribution < 1.29 is 14.5 Å². The Morgan fingerprint density at radius 1 is 1.23 bits per heavy atom. The molecule has 2 aliphatic rings. The molecule has 2 aliphatic heterocycles. The highest BCUT2D eigenvalue weighted by Gasteiger charge is 2.61. The predicted octanol–water partition coefficient (Wildman–Crippen LogP) is 3.63. The van der Waals surface area contributed by atoms with E-state index in [1.165, 1.54) is 34.9 Å². The van der Waals surface area contributed by atoms with Gasteiger partial charge in [-0.1, -0.05) is 15.9 Å². The van der Waals surface area contributed by atoms with Gasteiger partial charge in [0.15, 0.2) is 0 Å². The van der Waals surface area contributed by atoms with Crippen LogP contribution >= 0.6 is 27.7 Å². The van der Waals surface area contributed by atoms with E-state index in [0.29, 0.717) is 16.9 Å². The molecule has 26 heavy (non-hydrogen) atoms. The second-order valence-electron chi connectivity index (χ2n) is 6.00. The maximum atomic E-state index is 13.0. The minimum absolute atomic E-state index is 0.122. The molecule has 0 bridgehead atoms. The van der Waals surface area contributed by atoms with Gasteiger partial charge in [-0.05, 0) is 37.3 Å². The summed E-state index contributed by atoms with van der Waals surface area (Å²) in [5.41, 5.74) is 1.35. The first kappa shape index (κ1) is 17.0. The molecule has 4 rings (SSSR count). The molecular formula is C17H12BrN3O4S. The van der Waals surface area contributed by atoms with E-state index in [-0.39, 0.29) is 17.5 Å². The molecule has 0 saturated carbocycles. The van der Waals surface area contributed by atoms with Crippen LogP contribution in [0.5, 0.6) is 0 Å². The average Bonchev–Trinajstić information content (AvgIpc) is 3.03. The highest BCUT2D eigenvalue weighted by Crippen LogP contribution is 2.56. The molecule has 1 spiro atoms. The number of hydrogen-bond donors (Lipinski definition) is 1. The van der Waals surface area contributed by atoms with Crippen LogP contribution in [0.3, 0.4) is 0 Å². The van der Waals surface area contributed by atoms with Crippen molar-refractivity contribution in [3.63, 3.8) is 0 Å². The molecule has 2 unspecified atom stereocenters. The van der Waals surface area contributed by atoms with Crippen LogP contribution in [0.15, 0.2) is 46.9 Å². The van der Waals surface area contributed by atoms with E-state index < -0.39 is 15.0 Å². The SMILES string of the molecule is CC1SC2(C(=O)Nc3ccc([N+](=O)[O-])cc32)N(c2ccc(Br)cc2)C1=O. The minimum Gasteiger partial charge on any atom is -0.323 e. The molecule has 0 radical (unpaired) electrons. The average molecular weight is 434 g/mol. The van der Waals surface area contributed by atoms with Crippen LogP contribution < -0.4 is 10.2 Å². The van der Waals surface area contributed by atoms with E-state index >= 15 is 0 Å². The Bertz CT molecular complexity index is 965. The van der Waals surface area contributed by atoms with Gasteiger partial charge in [0.25, 0.3) is 11.6 Å². The first-order valence-electron chi connectivity index (χ1n) is 7.72. The molecule has 0 aromatic heterocycles. The minimum atomic E-state index is -1.36. The van der Waals surface area contributed by atoms with Crippen LogP contribution in [0.4, 0.5) is 17.1 Å². The van der Waals surface area contributed by atoms with Crippen molar-refractivity contribution in [3.8, 4) is 0 Å². The molecule has 2 heterocycles. The highest BCUT2D eigenvalue weighted by molar-refractivity contribution is 9.10. The second-order valence-corrected chi connectivity index (χ2v) is 8.44. The number of non-ortho nitro benzene ring substituents is 1. The number of anilines is 2. The number of nitro benzene ring substituents is 1. The Balaban J connectivity index is 1.95. The van der Waals surface area contributed by atoms with Crippen molar-refractivity contribution in [1.82, 2.24) is 0 Å². The fourth-order valence-electron chi connectivity index (χ4n) is 3.30. The summed E-state index contributed by atoms with van der Waals surface area (Å²) < 4.78 is 0.842. The van der Waals surface area contributed by atoms with E-state index in [1.807, 2.05) is 0 Å². The van der Waals surface area contributed by atoms with Gasteiger partial charge in [0, 0.05) is 33.5 Å². The van der Waals surface area contributed by atoms with E-state index in [9.17, 15) is 19.7 Å². The summed E-state index contributed by atoms with van der Waals surface area (Å²) in [4.78, 5) is 36.7. The lowest BCUT2D eigenvalue weighted by atomic mass is 10.0. The number of fused-ring (bicyclic) bond motifs is 2. The Labute approximate surface area is 161 Å². The quantitative estimate of drug-likeness (QED) is 0.576. The van der Waals surface area contributed by atoms with E-state index in [2.05, 4.69) is 21.2 Å². The second kappa shape index (κ2) is 5.82. The van der Waals surface area contributed by atoms with Crippen molar-refractivity contribution in [2.24, 2.45) is 0 Å². The van der Waals surface area contributed by atoms with Gasteiger partial charge in [0.05, 0.1) is 10.2 Å². The van der Waals surface area contributed by atoms with Gasteiger partial charge in [0.1, 0.15) is 0 Å². The van der Waals surface area contributed by atoms with E-state index in [0.717, 1.165) is 4.47 Å². The smallest absolute Gasteiger partial charge is 0.269 e. The monoisotopic (exact) mass is 433 g/mol. The summed E-state index contributed by atoms with van der Waals surface area (Å²) in [6.45, 7) is 1.73. The lowest BCUT2D eigenvalue weighted by molar-refractivity contribution is -0.384. The van der Waals surface area contributed by atoms with Gasteiger partial charge in [0.2, 0.25) is 10.8 Å². The first-order chi connectivity index (χ1) is 12.3. The van der Waals surface area contributed by atoms with Crippen LogP contribution in [0, 0.1) is 10.1 Å². The van der Waals surface area contributed by atoms with Crippen LogP contribution in [0.1, 0.15) is 12.5 Å². The van der Waals surface area contributed by atoms with Crippen LogP contribution in [-0.2, 0) is 14.5 Å². The number of nitro groups is 1. The summed E-state index contributed by atoms with van der Waals surface area (Å²) in [6, 6.07) is 11.3. The third-order valence-electron chi connectivity index (χ3n) is 4.45. The van der Waals surface area contributed by atoms with E-state index in [1.54, 1.807) is 31.2 Å². The Morgan fingerprint density at radius 2 is 1.92 bits per heavy atom. The summed E-state index contributed by atoms with van der Waals surface area (Å²) >= 11 is 4.55. The zero-order chi connectivity index (χ0) is 18.6. The molecular weight excluding hydrogens is 422 g/mol. The number of amides is 2. The number of thioether (sulfide) groups is 1. The summed E-state index contributed by atoms with van der Waals surface area (Å²) in [5, 5.41) is 13.5. The largest absolute Gasteiger partial charge is 0.323 e. The number of benzene rings is 2. The summed E-state index contributed by atoms with van der Waals surface area (Å²) in [6.07, 6.45) is 0. The molecule has 0 aliphatic carbocycles. The lowest BCUT2D eigenvalue weighted by Crippen LogP contribution is -2.47. The molecule has 2 atom stereocenters. The Kier molecular flexibility index (Phi) is 3.81. The zero-order valence-corrected chi connectivity index (χ0v) is 15.8. The van der Waals surface area contributed by atoms with Crippen molar-refractivity contribution in [1.29, 1.82) is 0 Å². The number of nitrogens with zero attached hydrogens (tertiary/aromatic N) is 2. The molecule has 1 fully saturated rings. The lowest BCUT2D eigenvalue weighted by Gasteiger charge is -2.32. The number of hydrogen-bond acceptors (Lipinski definition) is 5. The zero-order valence-electron chi connectivity index (χ0n) is 13.4. The molecule has 9 heteroatoms. The van der Waals surface area contributed by atoms with Gasteiger partial charge in [-0.15, -0.1) is 11.8 Å². The van der Waals surface area contributed by atoms with Crippen molar-refractivity contribution in [3.05, 3.63) is 62.6 Å². The van der Waals surface area contributed by atoms with Crippen LogP contribution in [0.25, 0.3) is 0 Å². The molecule has 2 amide bonds. The van der Waals surface area contributed by atoms with Crippen molar-refractivity contribution in [2.45, 2.75) is 17.0 Å². The van der Waals surface area contributed by atoms with Crippen molar-refractivity contribution in [2.75, 3.05) is 10.2 Å². The third-order valence-corrected chi connectivity index (χ3v) is 6.46. The van der Waals surface area contributed by atoms with Gasteiger partial charge < -0.3 is 5.32 Å². The normalized spacial score (nSPS) is 24.1. The number of halogens is 1. The molecule has 1 saturated heterocycles. The van der Waals surface area contributed by atoms with E-state index in [4.69, 9.17) is 0 Å². The third kappa shape index (κ3) is 2.27. The topological polar surface area (TPSA) is 92.5 Å². The molecule has 132 valence electrons. The molecule has 2 aromatic rings. The van der Waals surface area contributed by atoms with Crippen molar-refractivity contribution >= 4 is 56.6 Å². The van der Waals surface area contributed by atoms with Crippen LogP contribution in [-0.4, -0.2) is 22.0 Å². The Morgan fingerprint density at radius 3 is 2.58 bits per heavy atom. The number of carbonyl (C=O) groups is 2. The summed E-state index contributed by atoms with van der Waals surface area (Å²) in [7, 11) is 0. The van der Waals surface area contributed by atoms with Crippen LogP contribution in [0.2, 0.25) is 0 Å². The van der Waals surface area contributed by atoms with Gasteiger partial charge in [-0.25, -0.2) is 0 Å². The van der Waals surface area contributed by atoms with Gasteiger partial charge in [-0.2, -0.15) is 0 Å². The molecule has 2 aromatic carbocycles. The fraction of sp³-hybridized carbons (Fsp3) is 0.176. The molecule has 7 nitrogen and oxygen atoms in total. The molecule has 1 N–H and O–H groups in total. The maximum absolute atomic E-state index is 13.0. The summed E-state index contributed by atoms with van der Waals surface area (Å²) in [5.74, 6) is -0.592. The van der Waals surface area contributed by atoms with Gasteiger partial charge in [-0.3, -0.25) is 24.6 Å². The number of nitrogens with one attached hydrogen (secondary N) is 1. The highest BCUT2D eigenvalue weighted by atomic mass is 79.9. The number of rotatable bonds is 2.